The molecule has 240 valence electrons. The van der Waals surface area contributed by atoms with Gasteiger partial charge in [-0.3, -0.25) is 14.3 Å². The number of benzene rings is 3. The number of ether oxygens (including phenoxy) is 1. The first-order chi connectivity index (χ1) is 22.1. The van der Waals surface area contributed by atoms with Gasteiger partial charge in [0, 0.05) is 25.2 Å². The van der Waals surface area contributed by atoms with Gasteiger partial charge in [0.2, 0.25) is 0 Å². The van der Waals surface area contributed by atoms with Gasteiger partial charge in [0.15, 0.2) is 0 Å². The second kappa shape index (κ2) is 12.7. The number of amides is 1. The zero-order chi connectivity index (χ0) is 32.6. The average Bonchev–Trinajstić information content (AvgIpc) is 3.68. The molecule has 2 aliphatic heterocycles. The Hall–Kier alpha value is -4.44. The Labute approximate surface area is 268 Å². The van der Waals surface area contributed by atoms with Crippen molar-refractivity contribution in [2.45, 2.75) is 42.3 Å². The lowest BCUT2D eigenvalue weighted by molar-refractivity contribution is -0.132. The molecule has 2 aliphatic rings. The number of rotatable bonds is 8. The number of carbonyl (C=O) groups is 1. The minimum Gasteiger partial charge on any atom is -0.497 e. The van der Waals surface area contributed by atoms with Crippen LogP contribution in [-0.4, -0.2) is 97.0 Å². The van der Waals surface area contributed by atoms with E-state index in [-0.39, 0.29) is 33.4 Å². The molecule has 2 fully saturated rings. The first-order valence-electron chi connectivity index (χ1n) is 15.4. The number of nitriles is 1. The lowest BCUT2D eigenvalue weighted by Crippen LogP contribution is -2.48. The summed E-state index contributed by atoms with van der Waals surface area (Å²) in [4.78, 5) is 35.4. The number of hydrogen-bond donors (Lipinski definition) is 0. The molecule has 2 atom stereocenters. The predicted octanol–water partition coefficient (Wildman–Crippen LogP) is 3.14. The van der Waals surface area contributed by atoms with E-state index in [0.717, 1.165) is 36.3 Å². The SMILES string of the molecule is COc1ccc(S(=O)(=O)n2c(=O)n(C(C(=O)N3CC[C@H](N(C)C4CCN(C)CC4)C3)c3ccccc3)c3cc(C#N)ccc32)cc1. The molecule has 46 heavy (non-hydrogen) atoms. The van der Waals surface area contributed by atoms with Gasteiger partial charge in [0.25, 0.3) is 15.9 Å². The lowest BCUT2D eigenvalue weighted by atomic mass is 10.0. The highest BCUT2D eigenvalue weighted by molar-refractivity contribution is 7.90. The van der Waals surface area contributed by atoms with Gasteiger partial charge in [-0.05, 0) is 94.5 Å². The fraction of sp³-hybridized carbons (Fsp3) is 0.382. The number of imidazole rings is 1. The number of aromatic nitrogens is 2. The fourth-order valence-electron chi connectivity index (χ4n) is 6.78. The van der Waals surface area contributed by atoms with E-state index in [2.05, 4.69) is 30.0 Å². The molecule has 0 N–H and O–H groups in total. The Balaban J connectivity index is 1.44. The Kier molecular flexibility index (Phi) is 8.74. The van der Waals surface area contributed by atoms with Gasteiger partial charge >= 0.3 is 5.69 Å². The van der Waals surface area contributed by atoms with Crippen LogP contribution in [0.4, 0.5) is 0 Å². The average molecular weight is 643 g/mol. The lowest BCUT2D eigenvalue weighted by Gasteiger charge is -2.38. The molecule has 2 saturated heterocycles. The molecule has 6 rings (SSSR count). The molecule has 3 aromatic carbocycles. The summed E-state index contributed by atoms with van der Waals surface area (Å²) in [6.45, 7) is 3.10. The molecule has 3 heterocycles. The van der Waals surface area contributed by atoms with Crippen molar-refractivity contribution in [1.82, 2.24) is 23.2 Å². The third-order valence-corrected chi connectivity index (χ3v) is 11.2. The quantitative estimate of drug-likeness (QED) is 0.288. The number of fused-ring (bicyclic) bond motifs is 1. The molecule has 11 nitrogen and oxygen atoms in total. The van der Waals surface area contributed by atoms with E-state index in [1.54, 1.807) is 29.2 Å². The monoisotopic (exact) mass is 642 g/mol. The van der Waals surface area contributed by atoms with E-state index in [1.807, 2.05) is 6.07 Å². The molecular weight excluding hydrogens is 604 g/mol. The van der Waals surface area contributed by atoms with Crippen LogP contribution in [0.3, 0.4) is 0 Å². The molecule has 4 aromatic rings. The summed E-state index contributed by atoms with van der Waals surface area (Å²) in [7, 11) is 1.34. The molecule has 1 amide bonds. The van der Waals surface area contributed by atoms with Crippen LogP contribution < -0.4 is 10.4 Å². The maximum absolute atomic E-state index is 14.6. The first kappa shape index (κ1) is 31.5. The summed E-state index contributed by atoms with van der Waals surface area (Å²) in [5.74, 6) is 0.170. The number of carbonyl (C=O) groups excluding carboxylic acids is 1. The normalized spacial score (nSPS) is 18.6. The molecule has 0 saturated carbocycles. The standard InChI is InChI=1S/C34H38N6O5S/c1-36-18-15-26(16-19-36)37(2)27-17-20-38(23-27)33(41)32(25-7-5-4-6-8-25)39-31-21-24(22-35)9-14-30(31)40(34(39)42)46(43,44)29-12-10-28(45-3)11-13-29/h4-14,21,26-27,32H,15-20,23H2,1-3H3/t27-,32?/m0/s1. The topological polar surface area (TPSA) is 121 Å². The summed E-state index contributed by atoms with van der Waals surface area (Å²) in [6, 6.07) is 20.6. The fourth-order valence-corrected chi connectivity index (χ4v) is 8.18. The van der Waals surface area contributed by atoms with Crippen molar-refractivity contribution in [2.75, 3.05) is 47.4 Å². The van der Waals surface area contributed by atoms with Crippen molar-refractivity contribution in [3.05, 3.63) is 94.4 Å². The summed E-state index contributed by atoms with van der Waals surface area (Å²) in [5.41, 5.74) is 0.158. The van der Waals surface area contributed by atoms with Gasteiger partial charge in [-0.1, -0.05) is 30.3 Å². The molecule has 1 unspecified atom stereocenters. The second-order valence-corrected chi connectivity index (χ2v) is 13.9. The van der Waals surface area contributed by atoms with Crippen LogP contribution in [0, 0.1) is 11.3 Å². The highest BCUT2D eigenvalue weighted by atomic mass is 32.2. The Morgan fingerprint density at radius 2 is 1.63 bits per heavy atom. The van der Waals surface area contributed by atoms with Gasteiger partial charge in [-0.15, -0.1) is 0 Å². The van der Waals surface area contributed by atoms with Crippen LogP contribution in [0.1, 0.15) is 36.4 Å². The van der Waals surface area contributed by atoms with Crippen LogP contribution in [0.5, 0.6) is 5.75 Å². The number of likely N-dealkylation sites (tertiary alicyclic amines) is 2. The molecule has 0 aliphatic carbocycles. The maximum Gasteiger partial charge on any atom is 0.344 e. The van der Waals surface area contributed by atoms with Crippen LogP contribution in [0.15, 0.2) is 82.5 Å². The van der Waals surface area contributed by atoms with E-state index in [1.165, 1.54) is 54.1 Å². The summed E-state index contributed by atoms with van der Waals surface area (Å²) in [5, 5.41) is 9.74. The number of likely N-dealkylation sites (N-methyl/N-ethyl adjacent to an activating group) is 1. The van der Waals surface area contributed by atoms with E-state index in [4.69, 9.17) is 4.74 Å². The summed E-state index contributed by atoms with van der Waals surface area (Å²) < 4.78 is 35.3. The van der Waals surface area contributed by atoms with Crippen molar-refractivity contribution in [3.8, 4) is 11.8 Å². The molecule has 0 bridgehead atoms. The Morgan fingerprint density at radius 3 is 2.28 bits per heavy atom. The largest absolute Gasteiger partial charge is 0.497 e. The van der Waals surface area contributed by atoms with Crippen LogP contribution >= 0.6 is 0 Å². The van der Waals surface area contributed by atoms with E-state index in [0.29, 0.717) is 30.4 Å². The number of methoxy groups -OCH3 is 1. The summed E-state index contributed by atoms with van der Waals surface area (Å²) >= 11 is 0. The van der Waals surface area contributed by atoms with Crippen LogP contribution in [0.2, 0.25) is 0 Å². The highest BCUT2D eigenvalue weighted by Gasteiger charge is 2.39. The summed E-state index contributed by atoms with van der Waals surface area (Å²) in [6.07, 6.45) is 2.95. The molecule has 0 spiro atoms. The third kappa shape index (κ3) is 5.70. The molecule has 1 aromatic heterocycles. The number of piperidine rings is 1. The van der Waals surface area contributed by atoms with E-state index < -0.39 is 21.8 Å². The minimum absolute atomic E-state index is 0.0786. The van der Waals surface area contributed by atoms with Crippen molar-refractivity contribution in [3.63, 3.8) is 0 Å². The smallest absolute Gasteiger partial charge is 0.344 e. The van der Waals surface area contributed by atoms with Crippen molar-refractivity contribution in [1.29, 1.82) is 5.26 Å². The van der Waals surface area contributed by atoms with Crippen LogP contribution in [0.25, 0.3) is 11.0 Å². The number of nitrogens with zero attached hydrogens (tertiary/aromatic N) is 6. The number of hydrogen-bond acceptors (Lipinski definition) is 8. The Bertz CT molecular complexity index is 1940. The van der Waals surface area contributed by atoms with Gasteiger partial charge in [-0.2, -0.15) is 9.23 Å². The maximum atomic E-state index is 14.6. The molecule has 0 radical (unpaired) electrons. The second-order valence-electron chi connectivity index (χ2n) is 12.2. The van der Waals surface area contributed by atoms with Crippen molar-refractivity contribution >= 4 is 27.0 Å². The van der Waals surface area contributed by atoms with E-state index in [9.17, 15) is 23.3 Å². The van der Waals surface area contributed by atoms with Gasteiger partial charge in [0.1, 0.15) is 11.8 Å². The van der Waals surface area contributed by atoms with Crippen LogP contribution in [-0.2, 0) is 14.8 Å². The zero-order valence-corrected chi connectivity index (χ0v) is 27.1. The molecular formula is C34H38N6O5S. The molecule has 12 heteroatoms. The predicted molar refractivity (Wildman–Crippen MR) is 174 cm³/mol. The van der Waals surface area contributed by atoms with Crippen molar-refractivity contribution < 1.29 is 17.9 Å². The highest BCUT2D eigenvalue weighted by Crippen LogP contribution is 2.30. The van der Waals surface area contributed by atoms with E-state index >= 15 is 0 Å². The first-order valence-corrected chi connectivity index (χ1v) is 16.9. The Morgan fingerprint density at radius 1 is 0.957 bits per heavy atom. The van der Waals surface area contributed by atoms with Gasteiger partial charge in [0.05, 0.1) is 34.7 Å². The van der Waals surface area contributed by atoms with Gasteiger partial charge in [-0.25, -0.2) is 13.2 Å². The van der Waals surface area contributed by atoms with Crippen molar-refractivity contribution in [2.24, 2.45) is 0 Å². The van der Waals surface area contributed by atoms with Gasteiger partial charge < -0.3 is 14.5 Å². The third-order valence-electron chi connectivity index (χ3n) is 9.48. The minimum atomic E-state index is -4.41. The zero-order valence-electron chi connectivity index (χ0n) is 26.2.